The van der Waals surface area contributed by atoms with E-state index in [0.29, 0.717) is 67.6 Å². The minimum Gasteiger partial charge on any atom is -0.493 e. The van der Waals surface area contributed by atoms with Gasteiger partial charge in [-0.25, -0.2) is 13.8 Å². The van der Waals surface area contributed by atoms with E-state index in [1.165, 1.54) is 67.0 Å². The van der Waals surface area contributed by atoms with E-state index in [4.69, 9.17) is 25.8 Å². The molecule has 0 aliphatic carbocycles. The topological polar surface area (TPSA) is 135 Å². The number of hydrogen-bond donors (Lipinski definition) is 1. The molecule has 12 nitrogen and oxygen atoms in total. The van der Waals surface area contributed by atoms with Crippen LogP contribution < -0.4 is 14.8 Å². The number of hydrogen-bond acceptors (Lipinski definition) is 8. The van der Waals surface area contributed by atoms with Crippen molar-refractivity contribution in [3.05, 3.63) is 117 Å². The van der Waals surface area contributed by atoms with Crippen molar-refractivity contribution >= 4 is 69.3 Å². The summed E-state index contributed by atoms with van der Waals surface area (Å²) in [5.74, 6) is -0.238. The number of piperidine rings is 1. The second-order valence-corrected chi connectivity index (χ2v) is 20.9. The van der Waals surface area contributed by atoms with Gasteiger partial charge in [-0.2, -0.15) is 0 Å². The number of allylic oxidation sites excluding steroid dienone is 3. The van der Waals surface area contributed by atoms with Crippen LogP contribution >= 0.6 is 11.6 Å². The molecule has 4 aromatic carbocycles. The molecule has 0 bridgehead atoms. The minimum atomic E-state index is -0.709. The van der Waals surface area contributed by atoms with Gasteiger partial charge in [0.2, 0.25) is 18.2 Å². The second kappa shape index (κ2) is 41.6. The number of aryl methyl sites for hydroxylation is 1. The van der Waals surface area contributed by atoms with Crippen LogP contribution in [0.1, 0.15) is 208 Å². The van der Waals surface area contributed by atoms with Crippen LogP contribution in [-0.4, -0.2) is 96.2 Å². The first-order valence-electron chi connectivity index (χ1n) is 30.6. The van der Waals surface area contributed by atoms with Crippen molar-refractivity contribution in [1.82, 2.24) is 15.1 Å². The van der Waals surface area contributed by atoms with E-state index in [-0.39, 0.29) is 49.6 Å². The Bertz CT molecular complexity index is 2750. The molecule has 4 aromatic rings. The van der Waals surface area contributed by atoms with Crippen molar-refractivity contribution in [1.29, 1.82) is 0 Å². The number of benzene rings is 4. The SMILES string of the molecule is CC.CCCC.CCCC.CCCC.CCCN(CCC)C(=O)COc1cccc(C)c1CN(C=O)C1CCC(=O)NC1=O.CCCOC(=O)/C(C)=C(\CCCOc1cccc2cc(F)ccc12)c1ccc(Cl)c(C2=C(C)[N+](C)=C2C)c1C. The molecule has 460 valence electrons. The summed E-state index contributed by atoms with van der Waals surface area (Å²) in [5.41, 5.74) is 9.68. The van der Waals surface area contributed by atoms with Crippen LogP contribution in [0.3, 0.4) is 0 Å². The van der Waals surface area contributed by atoms with Crippen molar-refractivity contribution in [2.24, 2.45) is 0 Å². The molecule has 2 aliphatic rings. The molecule has 1 fully saturated rings. The molecule has 1 N–H and O–H groups in total. The zero-order valence-corrected chi connectivity index (χ0v) is 54.6. The summed E-state index contributed by atoms with van der Waals surface area (Å²) in [6.45, 7) is 35.3. The number of ether oxygens (including phenoxy) is 3. The van der Waals surface area contributed by atoms with E-state index in [1.54, 1.807) is 17.0 Å². The van der Waals surface area contributed by atoms with Crippen LogP contribution in [-0.2, 0) is 35.3 Å². The number of carbonyl (C=O) groups excluding carboxylic acids is 5. The average Bonchev–Trinajstić information content (AvgIpc) is 3.67. The fourth-order valence-electron chi connectivity index (χ4n) is 8.75. The Morgan fingerprint density at radius 1 is 0.771 bits per heavy atom. The molecule has 0 saturated carbocycles. The molecule has 6 rings (SSSR count). The van der Waals surface area contributed by atoms with Gasteiger partial charge in [0.25, 0.3) is 5.91 Å². The molecule has 83 heavy (non-hydrogen) atoms. The first kappa shape index (κ1) is 74.7. The Labute approximate surface area is 504 Å². The molecular formula is C69H103ClFN4O8+. The van der Waals surface area contributed by atoms with Crippen molar-refractivity contribution in [3.63, 3.8) is 0 Å². The summed E-state index contributed by atoms with van der Waals surface area (Å²) in [6.07, 6.45) is 12.8. The van der Waals surface area contributed by atoms with E-state index >= 15 is 0 Å². The third-order valence-electron chi connectivity index (χ3n) is 14.2. The predicted molar refractivity (Wildman–Crippen MR) is 343 cm³/mol. The highest BCUT2D eigenvalue weighted by Crippen LogP contribution is 2.40. The number of imide groups is 1. The van der Waals surface area contributed by atoms with Crippen LogP contribution in [0.2, 0.25) is 5.02 Å². The lowest BCUT2D eigenvalue weighted by Crippen LogP contribution is -2.51. The Hall–Kier alpha value is -6.34. The summed E-state index contributed by atoms with van der Waals surface area (Å²) < 4.78 is 33.3. The van der Waals surface area contributed by atoms with Gasteiger partial charge in [-0.15, -0.1) is 0 Å². The predicted octanol–water partition coefficient (Wildman–Crippen LogP) is 16.6. The van der Waals surface area contributed by atoms with E-state index in [2.05, 4.69) is 72.2 Å². The number of fused-ring (bicyclic) bond motifs is 1. The first-order chi connectivity index (χ1) is 39.8. The maximum absolute atomic E-state index is 13.7. The summed E-state index contributed by atoms with van der Waals surface area (Å²) in [4.78, 5) is 64.0. The quantitative estimate of drug-likeness (QED) is 0.0183. The largest absolute Gasteiger partial charge is 0.493 e. The van der Waals surface area contributed by atoms with Gasteiger partial charge >= 0.3 is 5.97 Å². The second-order valence-electron chi connectivity index (χ2n) is 20.5. The fourth-order valence-corrected chi connectivity index (χ4v) is 9.05. The summed E-state index contributed by atoms with van der Waals surface area (Å²) in [5, 5.41) is 4.63. The monoisotopic (exact) mass is 1170 g/mol. The van der Waals surface area contributed by atoms with Crippen LogP contribution in [0.5, 0.6) is 11.5 Å². The Morgan fingerprint density at radius 2 is 1.37 bits per heavy atom. The van der Waals surface area contributed by atoms with Crippen LogP contribution in [0.4, 0.5) is 4.39 Å². The molecule has 2 aliphatic heterocycles. The number of halogens is 2. The Kier molecular flexibility index (Phi) is 37.4. The van der Waals surface area contributed by atoms with Gasteiger partial charge in [0.15, 0.2) is 18.0 Å². The van der Waals surface area contributed by atoms with Crippen molar-refractivity contribution in [2.75, 3.05) is 40.0 Å². The van der Waals surface area contributed by atoms with Crippen molar-refractivity contribution < 1.29 is 47.1 Å². The van der Waals surface area contributed by atoms with Gasteiger partial charge in [-0.1, -0.05) is 157 Å². The molecule has 1 unspecified atom stereocenters. The van der Waals surface area contributed by atoms with Gasteiger partial charge in [-0.05, 0) is 123 Å². The number of unbranched alkanes of at least 4 members (excludes halogenated alkanes) is 3. The lowest BCUT2D eigenvalue weighted by atomic mass is 9.85. The standard InChI is InChI=1S/C33H36ClFNO3.C22H31N3O5.3C4H10.C2H6/c1-7-17-39-33(37)21(3)26(11-9-18-38-30-12-8-10-24-19-25(35)13-14-28(24)30)27-15-16-29(34)31(20(27)2)32-22(4)36(6)23(32)5;1-4-11-24(12-5-2)21(28)14-30-19-8-6-7-16(3)17(19)13-25(15-26)18-9-10-20(27)23-22(18)29;3*1-3-4-2;1-2/h8,10,12-16,19H,7,9,11,17-18H2,1-6H3;6-8,15,18H,4-5,9-14H2,1-3H3,(H,23,27,29);3*3-4H2,1-2H3;1-2H3/q+1;;;;;/b26-21+;;;;;. The van der Waals surface area contributed by atoms with Gasteiger partial charge < -0.3 is 24.0 Å². The molecule has 4 amide bonds. The highest BCUT2D eigenvalue weighted by molar-refractivity contribution is 6.36. The fraction of sp³-hybridized carbons (Fsp3) is 0.536. The van der Waals surface area contributed by atoms with Crippen molar-refractivity contribution in [2.45, 2.75) is 207 Å². The Morgan fingerprint density at radius 3 is 1.93 bits per heavy atom. The maximum atomic E-state index is 13.7. The minimum absolute atomic E-state index is 0.0800. The number of carbonyl (C=O) groups is 5. The molecule has 14 heteroatoms. The zero-order valence-electron chi connectivity index (χ0n) is 53.8. The first-order valence-corrected chi connectivity index (χ1v) is 31.0. The van der Waals surface area contributed by atoms with Crippen LogP contribution in [0.15, 0.2) is 78.0 Å². The summed E-state index contributed by atoms with van der Waals surface area (Å²) >= 11 is 6.74. The highest BCUT2D eigenvalue weighted by atomic mass is 35.5. The van der Waals surface area contributed by atoms with Crippen LogP contribution in [0.25, 0.3) is 21.9 Å². The number of nitrogens with one attached hydrogen (secondary N) is 1. The molecule has 0 aromatic heterocycles. The van der Waals surface area contributed by atoms with Gasteiger partial charge in [-0.3, -0.25) is 24.5 Å². The van der Waals surface area contributed by atoms with E-state index in [0.717, 1.165) is 69.0 Å². The maximum Gasteiger partial charge on any atom is 0.334 e. The molecule has 2 heterocycles. The summed E-state index contributed by atoms with van der Waals surface area (Å²) in [7, 11) is 2.05. The van der Waals surface area contributed by atoms with Crippen molar-refractivity contribution in [3.8, 4) is 11.5 Å². The number of nitrogens with zero attached hydrogens (tertiary/aromatic N) is 3. The highest BCUT2D eigenvalue weighted by Gasteiger charge is 2.35. The normalized spacial score (nSPS) is 13.5. The number of rotatable bonds is 24. The van der Waals surface area contributed by atoms with Crippen LogP contribution in [0, 0.1) is 19.7 Å². The molecule has 0 spiro atoms. The van der Waals surface area contributed by atoms with Gasteiger partial charge in [0.05, 0.1) is 19.8 Å². The zero-order chi connectivity index (χ0) is 62.6. The molecular weight excluding hydrogens is 1070 g/mol. The van der Waals surface area contributed by atoms with E-state index in [9.17, 15) is 28.4 Å². The lowest BCUT2D eigenvalue weighted by molar-refractivity contribution is -0.451. The summed E-state index contributed by atoms with van der Waals surface area (Å²) in [6, 6.07) is 19.0. The smallest absolute Gasteiger partial charge is 0.334 e. The lowest BCUT2D eigenvalue weighted by Gasteiger charge is -2.30. The number of amides is 4. The Balaban J connectivity index is 0.000000691. The van der Waals surface area contributed by atoms with Gasteiger partial charge in [0, 0.05) is 60.5 Å². The third kappa shape index (κ3) is 23.7. The van der Waals surface area contributed by atoms with E-state index < -0.39 is 11.9 Å². The van der Waals surface area contributed by atoms with E-state index in [1.807, 2.05) is 98.0 Å². The average molecular weight is 1170 g/mol. The third-order valence-corrected chi connectivity index (χ3v) is 14.5. The number of esters is 1. The van der Waals surface area contributed by atoms with Gasteiger partial charge in [0.1, 0.15) is 36.0 Å². The molecule has 1 saturated heterocycles. The molecule has 1 atom stereocenters. The molecule has 0 radical (unpaired) electrons.